The molecule has 0 aliphatic carbocycles. The van der Waals surface area contributed by atoms with Crippen molar-refractivity contribution in [3.63, 3.8) is 0 Å². The summed E-state index contributed by atoms with van der Waals surface area (Å²) in [5.74, 6) is -0.557. The Kier molecular flexibility index (Phi) is 5.13. The Labute approximate surface area is 105 Å². The van der Waals surface area contributed by atoms with E-state index in [4.69, 9.17) is 22.6 Å². The lowest BCUT2D eigenvalue weighted by atomic mass is 10.1. The van der Waals surface area contributed by atoms with Crippen LogP contribution in [0.2, 0.25) is 5.15 Å². The van der Waals surface area contributed by atoms with Gasteiger partial charge in [0.2, 0.25) is 0 Å². The molecule has 17 heavy (non-hydrogen) atoms. The second-order valence-electron chi connectivity index (χ2n) is 3.63. The maximum Gasteiger partial charge on any atom is 0.166 e. The van der Waals surface area contributed by atoms with Gasteiger partial charge in [-0.3, -0.25) is 0 Å². The zero-order chi connectivity index (χ0) is 12.8. The lowest BCUT2D eigenvalue weighted by Gasteiger charge is -2.17. The highest BCUT2D eigenvalue weighted by Crippen LogP contribution is 2.20. The molecule has 4 nitrogen and oxygen atoms in total. The van der Waals surface area contributed by atoms with Crippen LogP contribution >= 0.6 is 11.6 Å². The molecule has 0 bridgehead atoms. The number of nitrogens with two attached hydrogens (primary N) is 1. The lowest BCUT2D eigenvalue weighted by Crippen LogP contribution is -2.29. The first-order valence-electron chi connectivity index (χ1n) is 5.35. The molecule has 0 saturated carbocycles. The van der Waals surface area contributed by atoms with Crippen molar-refractivity contribution in [3.8, 4) is 6.07 Å². The number of aromatic nitrogens is 1. The van der Waals surface area contributed by atoms with Crippen LogP contribution in [0, 0.1) is 17.1 Å². The van der Waals surface area contributed by atoms with Gasteiger partial charge in [0.05, 0.1) is 5.56 Å². The molecule has 1 aromatic heterocycles. The fourth-order valence-corrected chi connectivity index (χ4v) is 1.62. The topological polar surface area (TPSA) is 74.7 Å². The third-order valence-corrected chi connectivity index (χ3v) is 2.60. The molecule has 0 fully saturated rings. The van der Waals surface area contributed by atoms with E-state index in [1.807, 2.05) is 6.92 Å². The van der Waals surface area contributed by atoms with Crippen LogP contribution in [0.3, 0.4) is 0 Å². The SMILES string of the molecule is CCCC(CN)Nc1nc(Cl)c(C#N)cc1F. The number of pyridine rings is 1. The molecule has 1 heterocycles. The van der Waals surface area contributed by atoms with Crippen molar-refractivity contribution in [1.29, 1.82) is 5.26 Å². The number of nitrogens with zero attached hydrogens (tertiary/aromatic N) is 2. The van der Waals surface area contributed by atoms with Gasteiger partial charge in [-0.2, -0.15) is 5.26 Å². The van der Waals surface area contributed by atoms with Crippen molar-refractivity contribution in [2.45, 2.75) is 25.8 Å². The van der Waals surface area contributed by atoms with Gasteiger partial charge in [-0.1, -0.05) is 24.9 Å². The maximum absolute atomic E-state index is 13.6. The summed E-state index contributed by atoms with van der Waals surface area (Å²) in [6, 6.07) is 2.79. The van der Waals surface area contributed by atoms with Crippen LogP contribution in [0.1, 0.15) is 25.3 Å². The number of anilines is 1. The Bertz CT molecular complexity index is 430. The number of halogens is 2. The number of rotatable bonds is 5. The molecule has 0 radical (unpaired) electrons. The molecular formula is C11H14ClFN4. The second-order valence-corrected chi connectivity index (χ2v) is 3.99. The summed E-state index contributed by atoms with van der Waals surface area (Å²) in [5, 5.41) is 11.5. The normalized spacial score (nSPS) is 11.9. The first-order chi connectivity index (χ1) is 8.12. The van der Waals surface area contributed by atoms with Gasteiger partial charge < -0.3 is 11.1 Å². The molecule has 6 heteroatoms. The minimum absolute atomic E-state index is 0.0105. The van der Waals surface area contributed by atoms with Gasteiger partial charge in [-0.05, 0) is 12.5 Å². The molecule has 1 unspecified atom stereocenters. The van der Waals surface area contributed by atoms with E-state index < -0.39 is 5.82 Å². The van der Waals surface area contributed by atoms with E-state index in [9.17, 15) is 4.39 Å². The molecule has 0 spiro atoms. The molecule has 1 rings (SSSR count). The van der Waals surface area contributed by atoms with Crippen molar-refractivity contribution in [2.75, 3.05) is 11.9 Å². The fraction of sp³-hybridized carbons (Fsp3) is 0.455. The van der Waals surface area contributed by atoms with E-state index in [2.05, 4.69) is 10.3 Å². The van der Waals surface area contributed by atoms with Crippen LogP contribution in [0.4, 0.5) is 10.2 Å². The van der Waals surface area contributed by atoms with Crippen LogP contribution < -0.4 is 11.1 Å². The van der Waals surface area contributed by atoms with Gasteiger partial charge >= 0.3 is 0 Å². The fourth-order valence-electron chi connectivity index (χ4n) is 1.44. The third-order valence-electron chi connectivity index (χ3n) is 2.31. The maximum atomic E-state index is 13.6. The van der Waals surface area contributed by atoms with Crippen molar-refractivity contribution in [1.82, 2.24) is 4.98 Å². The Morgan fingerprint density at radius 3 is 2.94 bits per heavy atom. The van der Waals surface area contributed by atoms with Crippen molar-refractivity contribution in [2.24, 2.45) is 5.73 Å². The average Bonchev–Trinajstić information content (AvgIpc) is 2.32. The minimum Gasteiger partial charge on any atom is -0.364 e. The quantitative estimate of drug-likeness (QED) is 0.793. The molecule has 0 aliphatic rings. The number of nitriles is 1. The first-order valence-corrected chi connectivity index (χ1v) is 5.72. The van der Waals surface area contributed by atoms with E-state index >= 15 is 0 Å². The van der Waals surface area contributed by atoms with Crippen LogP contribution in [-0.2, 0) is 0 Å². The summed E-state index contributed by atoms with van der Waals surface area (Å²) >= 11 is 5.73. The molecule has 1 atom stereocenters. The summed E-state index contributed by atoms with van der Waals surface area (Å²) in [7, 11) is 0. The molecule has 1 aromatic rings. The van der Waals surface area contributed by atoms with Crippen molar-refractivity contribution < 1.29 is 4.39 Å². The number of nitrogens with one attached hydrogen (secondary N) is 1. The Morgan fingerprint density at radius 2 is 2.41 bits per heavy atom. The summed E-state index contributed by atoms with van der Waals surface area (Å²) in [6.07, 6.45) is 1.75. The predicted molar refractivity (Wildman–Crippen MR) is 65.3 cm³/mol. The monoisotopic (exact) mass is 256 g/mol. The van der Waals surface area contributed by atoms with Gasteiger partial charge in [-0.25, -0.2) is 9.37 Å². The molecule has 3 N–H and O–H groups in total. The summed E-state index contributed by atoms with van der Waals surface area (Å²) < 4.78 is 13.6. The van der Waals surface area contributed by atoms with Gasteiger partial charge in [0.1, 0.15) is 11.2 Å². The van der Waals surface area contributed by atoms with E-state index in [0.29, 0.717) is 6.54 Å². The zero-order valence-corrected chi connectivity index (χ0v) is 10.3. The summed E-state index contributed by atoms with van der Waals surface area (Å²) in [5.41, 5.74) is 5.58. The van der Waals surface area contributed by atoms with E-state index in [0.717, 1.165) is 18.9 Å². The second kappa shape index (κ2) is 6.38. The predicted octanol–water partition coefficient (Wildman–Crippen LogP) is 2.29. The minimum atomic E-state index is -0.597. The number of hydrogen-bond donors (Lipinski definition) is 2. The van der Waals surface area contributed by atoms with Crippen LogP contribution in [0.5, 0.6) is 0 Å². The highest BCUT2D eigenvalue weighted by molar-refractivity contribution is 6.30. The van der Waals surface area contributed by atoms with Crippen LogP contribution in [0.25, 0.3) is 0 Å². The Hall–Kier alpha value is -1.38. The van der Waals surface area contributed by atoms with Gasteiger partial charge in [0.25, 0.3) is 0 Å². The van der Waals surface area contributed by atoms with Gasteiger partial charge in [0, 0.05) is 12.6 Å². The highest BCUT2D eigenvalue weighted by Gasteiger charge is 2.13. The molecular weight excluding hydrogens is 243 g/mol. The Balaban J connectivity index is 2.92. The van der Waals surface area contributed by atoms with Crippen LogP contribution in [-0.4, -0.2) is 17.6 Å². The first kappa shape index (κ1) is 13.7. The number of hydrogen-bond acceptors (Lipinski definition) is 4. The standard InChI is InChI=1S/C11H14ClFN4/c1-2-3-8(6-15)16-11-9(13)4-7(5-14)10(12)17-11/h4,8H,2-3,6,15H2,1H3,(H,16,17). The Morgan fingerprint density at radius 1 is 1.71 bits per heavy atom. The van der Waals surface area contributed by atoms with E-state index in [-0.39, 0.29) is 22.6 Å². The van der Waals surface area contributed by atoms with Crippen molar-refractivity contribution in [3.05, 3.63) is 22.6 Å². The van der Waals surface area contributed by atoms with Crippen molar-refractivity contribution >= 4 is 17.4 Å². The smallest absolute Gasteiger partial charge is 0.166 e. The van der Waals surface area contributed by atoms with E-state index in [1.165, 1.54) is 0 Å². The molecule has 0 amide bonds. The molecule has 0 aliphatic heterocycles. The highest BCUT2D eigenvalue weighted by atomic mass is 35.5. The molecule has 92 valence electrons. The summed E-state index contributed by atoms with van der Waals surface area (Å²) in [6.45, 7) is 2.40. The van der Waals surface area contributed by atoms with E-state index in [1.54, 1.807) is 6.07 Å². The summed E-state index contributed by atoms with van der Waals surface area (Å²) in [4.78, 5) is 3.81. The average molecular weight is 257 g/mol. The zero-order valence-electron chi connectivity index (χ0n) is 9.50. The lowest BCUT2D eigenvalue weighted by molar-refractivity contribution is 0.603. The molecule has 0 saturated heterocycles. The largest absolute Gasteiger partial charge is 0.364 e. The third kappa shape index (κ3) is 3.55. The molecule has 0 aromatic carbocycles. The van der Waals surface area contributed by atoms with Crippen LogP contribution in [0.15, 0.2) is 6.07 Å². The van der Waals surface area contributed by atoms with Gasteiger partial charge in [-0.15, -0.1) is 0 Å². The van der Waals surface area contributed by atoms with Gasteiger partial charge in [0.15, 0.2) is 11.6 Å².